The zero-order chi connectivity index (χ0) is 16.7. The smallest absolute Gasteiger partial charge is 0.244 e. The summed E-state index contributed by atoms with van der Waals surface area (Å²) in [5, 5.41) is 13.8. The Kier molecular flexibility index (Phi) is 6.00. The van der Waals surface area contributed by atoms with E-state index in [0.717, 1.165) is 5.56 Å². The Balaban J connectivity index is 1.99. The molecule has 2 rings (SSSR count). The van der Waals surface area contributed by atoms with Crippen LogP contribution in [0.15, 0.2) is 47.6 Å². The van der Waals surface area contributed by atoms with Crippen LogP contribution < -0.4 is 10.2 Å². The summed E-state index contributed by atoms with van der Waals surface area (Å²) in [4.78, 5) is 11.8. The standard InChI is InChI=1S/C17H17ClN2O3/c1-2-23-15-9-13(8-14(18)17(15)22)11-19-20-16(21)10-12-6-4-3-5-7-12/h3-9,11,22H,2,10H2,1H3,(H,20,21)/b19-11+. The molecule has 0 unspecified atom stereocenters. The summed E-state index contributed by atoms with van der Waals surface area (Å²) in [5.74, 6) is -0.0572. The van der Waals surface area contributed by atoms with Crippen molar-refractivity contribution < 1.29 is 14.6 Å². The summed E-state index contributed by atoms with van der Waals surface area (Å²) in [7, 11) is 0. The predicted molar refractivity (Wildman–Crippen MR) is 90.2 cm³/mol. The fourth-order valence-electron chi connectivity index (χ4n) is 1.93. The van der Waals surface area contributed by atoms with E-state index in [9.17, 15) is 9.90 Å². The van der Waals surface area contributed by atoms with E-state index in [0.29, 0.717) is 12.2 Å². The van der Waals surface area contributed by atoms with Gasteiger partial charge < -0.3 is 9.84 Å². The lowest BCUT2D eigenvalue weighted by Crippen LogP contribution is -2.19. The third kappa shape index (κ3) is 5.00. The largest absolute Gasteiger partial charge is 0.503 e. The molecule has 0 atom stereocenters. The van der Waals surface area contributed by atoms with Crippen molar-refractivity contribution in [1.82, 2.24) is 5.43 Å². The number of aromatic hydroxyl groups is 1. The first-order valence-electron chi connectivity index (χ1n) is 7.11. The molecule has 5 nitrogen and oxygen atoms in total. The van der Waals surface area contributed by atoms with E-state index in [2.05, 4.69) is 10.5 Å². The maximum absolute atomic E-state index is 11.8. The molecule has 2 N–H and O–H groups in total. The second-order valence-electron chi connectivity index (χ2n) is 4.74. The van der Waals surface area contributed by atoms with E-state index >= 15 is 0 Å². The average Bonchev–Trinajstić information content (AvgIpc) is 2.53. The summed E-state index contributed by atoms with van der Waals surface area (Å²) < 4.78 is 5.28. The zero-order valence-corrected chi connectivity index (χ0v) is 13.4. The van der Waals surface area contributed by atoms with Gasteiger partial charge in [-0.15, -0.1) is 0 Å². The van der Waals surface area contributed by atoms with Crippen molar-refractivity contribution in [3.8, 4) is 11.5 Å². The molecule has 0 saturated heterocycles. The molecule has 0 aromatic heterocycles. The van der Waals surface area contributed by atoms with Gasteiger partial charge in [-0.3, -0.25) is 4.79 Å². The summed E-state index contributed by atoms with van der Waals surface area (Å²) in [6.45, 7) is 2.20. The van der Waals surface area contributed by atoms with Gasteiger partial charge in [-0.2, -0.15) is 5.10 Å². The molecule has 0 aliphatic rings. The summed E-state index contributed by atoms with van der Waals surface area (Å²) in [6, 6.07) is 12.5. The Bertz CT molecular complexity index is 702. The van der Waals surface area contributed by atoms with Crippen LogP contribution in [0.2, 0.25) is 5.02 Å². The number of nitrogens with one attached hydrogen (secondary N) is 1. The third-order valence-corrected chi connectivity index (χ3v) is 3.25. The topological polar surface area (TPSA) is 70.9 Å². The van der Waals surface area contributed by atoms with Gasteiger partial charge >= 0.3 is 0 Å². The van der Waals surface area contributed by atoms with Crippen molar-refractivity contribution in [3.63, 3.8) is 0 Å². The number of hydrogen-bond donors (Lipinski definition) is 2. The zero-order valence-electron chi connectivity index (χ0n) is 12.6. The van der Waals surface area contributed by atoms with Gasteiger partial charge in [-0.25, -0.2) is 5.43 Å². The lowest BCUT2D eigenvalue weighted by Gasteiger charge is -2.08. The number of halogens is 1. The minimum atomic E-state index is -0.220. The first-order valence-corrected chi connectivity index (χ1v) is 7.49. The highest BCUT2D eigenvalue weighted by atomic mass is 35.5. The van der Waals surface area contributed by atoms with Gasteiger partial charge in [0.15, 0.2) is 11.5 Å². The number of phenols is 1. The molecule has 120 valence electrons. The monoisotopic (exact) mass is 332 g/mol. The normalized spacial score (nSPS) is 10.7. The quantitative estimate of drug-likeness (QED) is 0.630. The molecule has 0 spiro atoms. The number of carbonyl (C=O) groups is 1. The maximum Gasteiger partial charge on any atom is 0.244 e. The Morgan fingerprint density at radius 1 is 1.35 bits per heavy atom. The first kappa shape index (κ1) is 16.8. The van der Waals surface area contributed by atoms with E-state index in [1.165, 1.54) is 12.3 Å². The highest BCUT2D eigenvalue weighted by Crippen LogP contribution is 2.34. The van der Waals surface area contributed by atoms with Gasteiger partial charge in [0.2, 0.25) is 5.91 Å². The number of nitrogens with zero attached hydrogens (tertiary/aromatic N) is 1. The molecule has 1 amide bonds. The number of rotatable bonds is 6. The van der Waals surface area contributed by atoms with Crippen LogP contribution in [0.4, 0.5) is 0 Å². The minimum absolute atomic E-state index is 0.112. The second-order valence-corrected chi connectivity index (χ2v) is 5.15. The van der Waals surface area contributed by atoms with Crippen molar-refractivity contribution in [2.45, 2.75) is 13.3 Å². The van der Waals surface area contributed by atoms with Gasteiger partial charge in [0, 0.05) is 0 Å². The van der Waals surface area contributed by atoms with E-state index in [4.69, 9.17) is 16.3 Å². The van der Waals surface area contributed by atoms with Crippen LogP contribution >= 0.6 is 11.6 Å². The molecule has 6 heteroatoms. The number of carbonyl (C=O) groups excluding carboxylic acids is 1. The molecule has 0 saturated carbocycles. The van der Waals surface area contributed by atoms with Gasteiger partial charge in [-0.1, -0.05) is 41.9 Å². The van der Waals surface area contributed by atoms with Crippen LogP contribution in [0.3, 0.4) is 0 Å². The fourth-order valence-corrected chi connectivity index (χ4v) is 2.15. The van der Waals surface area contributed by atoms with Crippen LogP contribution in [0, 0.1) is 0 Å². The molecule has 0 heterocycles. The van der Waals surface area contributed by atoms with Crippen LogP contribution in [-0.4, -0.2) is 23.8 Å². The lowest BCUT2D eigenvalue weighted by molar-refractivity contribution is -0.120. The molecule has 0 aliphatic heterocycles. The van der Waals surface area contributed by atoms with E-state index in [-0.39, 0.29) is 28.8 Å². The minimum Gasteiger partial charge on any atom is -0.503 e. The number of hydrogen-bond acceptors (Lipinski definition) is 4. The van der Waals surface area contributed by atoms with Gasteiger partial charge in [0.25, 0.3) is 0 Å². The Hall–Kier alpha value is -2.53. The molecular weight excluding hydrogens is 316 g/mol. The van der Waals surface area contributed by atoms with Crippen molar-refractivity contribution in [3.05, 3.63) is 58.6 Å². The number of ether oxygens (including phenoxy) is 1. The van der Waals surface area contributed by atoms with Crippen molar-refractivity contribution in [2.24, 2.45) is 5.10 Å². The summed E-state index contributed by atoms with van der Waals surface area (Å²) in [5.41, 5.74) is 3.97. The number of benzene rings is 2. The van der Waals surface area contributed by atoms with E-state index < -0.39 is 0 Å². The fraction of sp³-hybridized carbons (Fsp3) is 0.176. The van der Waals surface area contributed by atoms with Crippen molar-refractivity contribution in [2.75, 3.05) is 6.61 Å². The summed E-state index contributed by atoms with van der Waals surface area (Å²) in [6.07, 6.45) is 1.69. The molecule has 2 aromatic rings. The van der Waals surface area contributed by atoms with Gasteiger partial charge in [0.1, 0.15) is 0 Å². The van der Waals surface area contributed by atoms with E-state index in [1.807, 2.05) is 30.3 Å². The van der Waals surface area contributed by atoms with E-state index in [1.54, 1.807) is 13.0 Å². The SMILES string of the molecule is CCOc1cc(/C=N/NC(=O)Cc2ccccc2)cc(Cl)c1O. The molecule has 0 aliphatic carbocycles. The lowest BCUT2D eigenvalue weighted by atomic mass is 10.1. The number of hydrazone groups is 1. The number of amides is 1. The van der Waals surface area contributed by atoms with Crippen molar-refractivity contribution in [1.29, 1.82) is 0 Å². The first-order chi connectivity index (χ1) is 11.1. The molecule has 0 bridgehead atoms. The Labute approximate surface area is 139 Å². The van der Waals surface area contributed by atoms with Crippen LogP contribution in [0.5, 0.6) is 11.5 Å². The predicted octanol–water partition coefficient (Wildman–Crippen LogP) is 3.14. The maximum atomic E-state index is 11.8. The van der Waals surface area contributed by atoms with Gasteiger partial charge in [-0.05, 0) is 30.2 Å². The Morgan fingerprint density at radius 3 is 2.78 bits per heavy atom. The average molecular weight is 333 g/mol. The molecule has 23 heavy (non-hydrogen) atoms. The van der Waals surface area contributed by atoms with Crippen LogP contribution in [0.1, 0.15) is 18.1 Å². The van der Waals surface area contributed by atoms with Crippen molar-refractivity contribution >= 4 is 23.7 Å². The van der Waals surface area contributed by atoms with Crippen LogP contribution in [-0.2, 0) is 11.2 Å². The summed E-state index contributed by atoms with van der Waals surface area (Å²) >= 11 is 5.92. The van der Waals surface area contributed by atoms with Crippen LogP contribution in [0.25, 0.3) is 0 Å². The second kappa shape index (κ2) is 8.19. The third-order valence-electron chi connectivity index (χ3n) is 2.96. The highest BCUT2D eigenvalue weighted by molar-refractivity contribution is 6.32. The molecule has 0 fully saturated rings. The molecule has 2 aromatic carbocycles. The van der Waals surface area contributed by atoms with Gasteiger partial charge in [0.05, 0.1) is 24.3 Å². The molecule has 0 radical (unpaired) electrons. The Morgan fingerprint density at radius 2 is 2.09 bits per heavy atom. The highest BCUT2D eigenvalue weighted by Gasteiger charge is 2.08. The number of phenolic OH excluding ortho intramolecular Hbond substituents is 1. The molecular formula is C17H17ClN2O3.